The second-order valence-corrected chi connectivity index (χ2v) is 8.02. The van der Waals surface area contributed by atoms with E-state index >= 15 is 0 Å². The number of hydrogen-bond donors (Lipinski definition) is 0. The number of sulfone groups is 1. The van der Waals surface area contributed by atoms with Gasteiger partial charge in [0.1, 0.15) is 0 Å². The highest BCUT2D eigenvalue weighted by atomic mass is 32.2. The third kappa shape index (κ3) is 3.29. The number of fused-ring (bicyclic) bond motifs is 1. The molecule has 128 valence electrons. The fourth-order valence-corrected chi connectivity index (χ4v) is 3.80. The number of benzene rings is 2. The maximum absolute atomic E-state index is 12.6. The van der Waals surface area contributed by atoms with Gasteiger partial charge in [-0.05, 0) is 49.1 Å². The van der Waals surface area contributed by atoms with Crippen molar-refractivity contribution in [2.24, 2.45) is 0 Å². The van der Waals surface area contributed by atoms with Crippen molar-refractivity contribution in [3.8, 4) is 0 Å². The van der Waals surface area contributed by atoms with Crippen LogP contribution < -0.4 is 4.90 Å². The summed E-state index contributed by atoms with van der Waals surface area (Å²) in [5.74, 6) is -3.39. The predicted octanol–water partition coefficient (Wildman–Crippen LogP) is 3.94. The van der Waals surface area contributed by atoms with Crippen molar-refractivity contribution in [2.75, 3.05) is 11.4 Å². The Morgan fingerprint density at radius 3 is 2.50 bits per heavy atom. The minimum Gasteiger partial charge on any atom is -0.367 e. The molecule has 0 amide bonds. The van der Waals surface area contributed by atoms with Crippen LogP contribution in [0, 0.1) is 6.92 Å². The first kappa shape index (κ1) is 16.9. The molecule has 0 fully saturated rings. The van der Waals surface area contributed by atoms with Crippen molar-refractivity contribution in [3.63, 3.8) is 0 Å². The number of halogens is 2. The van der Waals surface area contributed by atoms with E-state index in [1.165, 1.54) is 28.9 Å². The Morgan fingerprint density at radius 1 is 1.12 bits per heavy atom. The van der Waals surface area contributed by atoms with E-state index in [1.54, 1.807) is 12.1 Å². The highest BCUT2D eigenvalue weighted by Gasteiger charge is 2.26. The van der Waals surface area contributed by atoms with E-state index in [-0.39, 0.29) is 4.90 Å². The van der Waals surface area contributed by atoms with Crippen LogP contribution in [0.15, 0.2) is 47.4 Å². The topological polar surface area (TPSA) is 37.4 Å². The van der Waals surface area contributed by atoms with Gasteiger partial charge in [0.05, 0.1) is 4.90 Å². The average molecular weight is 351 g/mol. The maximum atomic E-state index is 12.6. The minimum absolute atomic E-state index is 0.337. The molecule has 24 heavy (non-hydrogen) atoms. The monoisotopic (exact) mass is 351 g/mol. The normalized spacial score (nSPS) is 14.8. The molecule has 3 rings (SSSR count). The van der Waals surface area contributed by atoms with Gasteiger partial charge in [-0.3, -0.25) is 0 Å². The summed E-state index contributed by atoms with van der Waals surface area (Å²) in [6, 6.07) is 12.1. The Morgan fingerprint density at radius 2 is 1.83 bits per heavy atom. The van der Waals surface area contributed by atoms with Gasteiger partial charge in [0.15, 0.2) is 0 Å². The van der Waals surface area contributed by atoms with Gasteiger partial charge in [-0.25, -0.2) is 8.42 Å². The highest BCUT2D eigenvalue weighted by molar-refractivity contribution is 7.91. The molecule has 2 aromatic carbocycles. The van der Waals surface area contributed by atoms with Crippen LogP contribution in [-0.2, 0) is 22.8 Å². The molecule has 3 nitrogen and oxygen atoms in total. The predicted molar refractivity (Wildman–Crippen MR) is 90.2 cm³/mol. The van der Waals surface area contributed by atoms with Gasteiger partial charge in [0.2, 0.25) is 9.84 Å². The zero-order valence-electron chi connectivity index (χ0n) is 13.4. The SMILES string of the molecule is Cc1ccc2c(c1)CCCN2Cc1ccc(S(=O)(=O)C(F)F)cc1. The molecule has 2 aromatic rings. The average Bonchev–Trinajstić information content (AvgIpc) is 2.55. The summed E-state index contributed by atoms with van der Waals surface area (Å²) in [5.41, 5.74) is 4.64. The lowest BCUT2D eigenvalue weighted by molar-refractivity contribution is 0.234. The lowest BCUT2D eigenvalue weighted by Crippen LogP contribution is -2.28. The number of alkyl halides is 2. The van der Waals surface area contributed by atoms with Crippen LogP contribution in [0.5, 0.6) is 0 Å². The lowest BCUT2D eigenvalue weighted by atomic mass is 9.99. The van der Waals surface area contributed by atoms with E-state index < -0.39 is 15.6 Å². The molecule has 0 aromatic heterocycles. The summed E-state index contributed by atoms with van der Waals surface area (Å²) in [5, 5.41) is 0. The third-order valence-electron chi connectivity index (χ3n) is 4.31. The van der Waals surface area contributed by atoms with Crippen LogP contribution in [0.2, 0.25) is 0 Å². The van der Waals surface area contributed by atoms with Crippen LogP contribution >= 0.6 is 0 Å². The van der Waals surface area contributed by atoms with Crippen LogP contribution in [-0.4, -0.2) is 20.7 Å². The van der Waals surface area contributed by atoms with Crippen molar-refractivity contribution in [3.05, 3.63) is 59.2 Å². The van der Waals surface area contributed by atoms with E-state index in [9.17, 15) is 17.2 Å². The molecule has 0 spiro atoms. The summed E-state index contributed by atoms with van der Waals surface area (Å²) in [4.78, 5) is 1.91. The zero-order valence-corrected chi connectivity index (χ0v) is 14.2. The van der Waals surface area contributed by atoms with Gasteiger partial charge in [-0.2, -0.15) is 8.78 Å². The van der Waals surface area contributed by atoms with Gasteiger partial charge < -0.3 is 4.90 Å². The summed E-state index contributed by atoms with van der Waals surface area (Å²) < 4.78 is 48.1. The first-order valence-electron chi connectivity index (χ1n) is 7.83. The van der Waals surface area contributed by atoms with Crippen molar-refractivity contribution >= 4 is 15.5 Å². The second kappa shape index (κ2) is 6.51. The van der Waals surface area contributed by atoms with E-state index in [4.69, 9.17) is 0 Å². The molecule has 0 radical (unpaired) electrons. The lowest BCUT2D eigenvalue weighted by Gasteiger charge is -2.31. The maximum Gasteiger partial charge on any atom is 0.341 e. The van der Waals surface area contributed by atoms with Gasteiger partial charge in [-0.15, -0.1) is 0 Å². The van der Waals surface area contributed by atoms with Crippen LogP contribution in [0.3, 0.4) is 0 Å². The van der Waals surface area contributed by atoms with Crippen LogP contribution in [0.1, 0.15) is 23.1 Å². The number of rotatable bonds is 4. The molecule has 0 unspecified atom stereocenters. The van der Waals surface area contributed by atoms with Crippen LogP contribution in [0.25, 0.3) is 0 Å². The fourth-order valence-electron chi connectivity index (χ4n) is 3.08. The Balaban J connectivity index is 1.81. The van der Waals surface area contributed by atoms with Gasteiger partial charge in [0, 0.05) is 18.8 Å². The van der Waals surface area contributed by atoms with Crippen molar-refractivity contribution in [1.82, 2.24) is 0 Å². The molecule has 0 atom stereocenters. The summed E-state index contributed by atoms with van der Waals surface area (Å²) in [6.07, 6.45) is 2.12. The first-order valence-corrected chi connectivity index (χ1v) is 9.38. The standard InChI is InChI=1S/C18H19F2NO2S/c1-13-4-9-17-15(11-13)3-2-10-21(17)12-14-5-7-16(8-6-14)24(22,23)18(19)20/h4-9,11,18H,2-3,10,12H2,1H3. The van der Waals surface area contributed by atoms with E-state index in [1.807, 2.05) is 0 Å². The number of aryl methyl sites for hydroxylation is 2. The Kier molecular flexibility index (Phi) is 4.58. The summed E-state index contributed by atoms with van der Waals surface area (Å²) in [6.45, 7) is 3.62. The van der Waals surface area contributed by atoms with Crippen molar-refractivity contribution in [2.45, 2.75) is 37.0 Å². The van der Waals surface area contributed by atoms with E-state index in [0.717, 1.165) is 24.9 Å². The van der Waals surface area contributed by atoms with Gasteiger partial charge in [-0.1, -0.05) is 29.8 Å². The number of nitrogens with zero attached hydrogens (tertiary/aromatic N) is 1. The quantitative estimate of drug-likeness (QED) is 0.837. The molecular formula is C18H19F2NO2S. The van der Waals surface area contributed by atoms with E-state index in [0.29, 0.717) is 6.54 Å². The number of hydrogen-bond acceptors (Lipinski definition) is 3. The zero-order chi connectivity index (χ0) is 17.3. The van der Waals surface area contributed by atoms with Gasteiger partial charge in [0.25, 0.3) is 0 Å². The molecule has 0 bridgehead atoms. The fraction of sp³-hybridized carbons (Fsp3) is 0.333. The summed E-state index contributed by atoms with van der Waals surface area (Å²) in [7, 11) is -4.53. The van der Waals surface area contributed by atoms with Crippen molar-refractivity contribution in [1.29, 1.82) is 0 Å². The van der Waals surface area contributed by atoms with Gasteiger partial charge >= 0.3 is 5.76 Å². The van der Waals surface area contributed by atoms with Crippen molar-refractivity contribution < 1.29 is 17.2 Å². The molecule has 6 heteroatoms. The summed E-state index contributed by atoms with van der Waals surface area (Å²) >= 11 is 0. The smallest absolute Gasteiger partial charge is 0.341 e. The van der Waals surface area contributed by atoms with Crippen LogP contribution in [0.4, 0.5) is 14.5 Å². The first-order chi connectivity index (χ1) is 11.4. The molecule has 0 aliphatic carbocycles. The molecular weight excluding hydrogens is 332 g/mol. The molecule has 1 heterocycles. The molecule has 0 N–H and O–H groups in total. The third-order valence-corrected chi connectivity index (χ3v) is 5.71. The Labute approximate surface area is 140 Å². The Hall–Kier alpha value is -1.95. The molecule has 1 aliphatic rings. The second-order valence-electron chi connectivity index (χ2n) is 6.11. The highest BCUT2D eigenvalue weighted by Crippen LogP contribution is 2.29. The molecule has 1 aliphatic heterocycles. The molecule has 0 saturated heterocycles. The minimum atomic E-state index is -4.53. The van der Waals surface area contributed by atoms with E-state index in [2.05, 4.69) is 30.0 Å². The Bertz CT molecular complexity index is 833. The largest absolute Gasteiger partial charge is 0.367 e. The number of anilines is 1. The molecule has 0 saturated carbocycles.